The summed E-state index contributed by atoms with van der Waals surface area (Å²) in [4.78, 5) is 39.5. The molecule has 0 aliphatic carbocycles. The Morgan fingerprint density at radius 2 is 1.05 bits per heavy atom. The Morgan fingerprint density at radius 3 is 1.57 bits per heavy atom. The zero-order chi connectivity index (χ0) is 56.6. The Kier molecular flexibility index (Phi) is 17.0. The lowest BCUT2D eigenvalue weighted by Crippen LogP contribution is -2.36. The third-order valence-corrected chi connectivity index (χ3v) is 14.0. The van der Waals surface area contributed by atoms with Crippen LogP contribution in [-0.4, -0.2) is 107 Å². The van der Waals surface area contributed by atoms with Gasteiger partial charge in [-0.05, 0) is 66.9 Å². The van der Waals surface area contributed by atoms with E-state index in [0.29, 0.717) is 89.0 Å². The van der Waals surface area contributed by atoms with Crippen molar-refractivity contribution in [2.45, 2.75) is 13.8 Å². The number of anilines is 5. The molecule has 0 atom stereocenters. The second-order valence-corrected chi connectivity index (χ2v) is 18.9. The Hall–Kier alpha value is -9.11. The van der Waals surface area contributed by atoms with E-state index in [1.165, 1.54) is 6.07 Å². The number of rotatable bonds is 10. The molecule has 8 aromatic heterocycles. The van der Waals surface area contributed by atoms with E-state index >= 15 is 4.39 Å². The van der Waals surface area contributed by atoms with Crippen molar-refractivity contribution in [3.8, 4) is 56.8 Å². The fraction of sp³-hybridized carbons (Fsp3) is 0.200. The van der Waals surface area contributed by atoms with Crippen LogP contribution in [0.4, 0.5) is 46.3 Å². The summed E-state index contributed by atoms with van der Waals surface area (Å²) < 4.78 is 78.3. The quantitative estimate of drug-likeness (QED) is 0.123. The van der Waals surface area contributed by atoms with Crippen LogP contribution in [0.1, 0.15) is 11.1 Å². The smallest absolute Gasteiger partial charge is 0.213 e. The number of nitrogens with two attached hydrogens (primary N) is 1. The van der Waals surface area contributed by atoms with E-state index in [2.05, 4.69) is 50.0 Å². The van der Waals surface area contributed by atoms with Crippen LogP contribution in [0.3, 0.4) is 0 Å². The zero-order valence-electron chi connectivity index (χ0n) is 44.4. The van der Waals surface area contributed by atoms with Crippen LogP contribution in [0.15, 0.2) is 134 Å². The molecule has 0 saturated carbocycles. The number of hydrogen-bond donors (Lipinski definition) is 2. The molecular formula is C60H53ClF4N12O4. The number of nitrogens with one attached hydrogen (secondary N) is 1. The van der Waals surface area contributed by atoms with E-state index < -0.39 is 23.3 Å². The van der Waals surface area contributed by atoms with Crippen molar-refractivity contribution in [3.05, 3.63) is 174 Å². The van der Waals surface area contributed by atoms with Crippen molar-refractivity contribution < 1.29 is 36.5 Å². The summed E-state index contributed by atoms with van der Waals surface area (Å²) in [6, 6.07) is 26.1. The average Bonchev–Trinajstić information content (AvgIpc) is 3.51. The SMILES string of the molecule is COc1cc(-c2cnc(N3CCOCC3)cc2N)ccn1.COc1cc(-c2cnc(N3CCOCC3)cc2Nc2c(C)c(-c3ccccn3)nc3cc(F)cc(F)c23)ccn1.Cc1c(-c2ccccn2)nc2cc(F)cc(F)c2c1Cl. The van der Waals surface area contributed by atoms with Gasteiger partial charge in [0.05, 0.1) is 102 Å². The first-order valence-corrected chi connectivity index (χ1v) is 26.0. The Bertz CT molecular complexity index is 3880. The predicted octanol–water partition coefficient (Wildman–Crippen LogP) is 12.0. The van der Waals surface area contributed by atoms with E-state index in [0.717, 1.165) is 78.4 Å². The minimum Gasteiger partial charge on any atom is -0.481 e. The molecule has 3 N–H and O–H groups in total. The number of pyridine rings is 8. The van der Waals surface area contributed by atoms with Crippen LogP contribution < -0.4 is 30.3 Å². The summed E-state index contributed by atoms with van der Waals surface area (Å²) in [5, 5.41) is 4.02. The van der Waals surface area contributed by atoms with Gasteiger partial charge in [-0.1, -0.05) is 23.7 Å². The van der Waals surface area contributed by atoms with Gasteiger partial charge in [0.15, 0.2) is 0 Å². The molecule has 12 rings (SSSR count). The molecule has 2 aliphatic rings. The van der Waals surface area contributed by atoms with E-state index in [4.69, 9.17) is 41.3 Å². The van der Waals surface area contributed by atoms with Gasteiger partial charge in [-0.3, -0.25) is 9.97 Å². The van der Waals surface area contributed by atoms with Crippen LogP contribution in [0.2, 0.25) is 5.02 Å². The fourth-order valence-electron chi connectivity index (χ4n) is 9.35. The number of nitrogen functional groups attached to an aromatic ring is 1. The second-order valence-electron chi connectivity index (χ2n) is 18.6. The Labute approximate surface area is 468 Å². The van der Waals surface area contributed by atoms with Crippen LogP contribution >= 0.6 is 11.6 Å². The van der Waals surface area contributed by atoms with Crippen molar-refractivity contribution in [2.24, 2.45) is 0 Å². The van der Waals surface area contributed by atoms with Crippen LogP contribution in [-0.2, 0) is 9.47 Å². The number of methoxy groups -OCH3 is 2. The molecule has 0 bridgehead atoms. The second kappa shape index (κ2) is 24.9. The summed E-state index contributed by atoms with van der Waals surface area (Å²) in [5.74, 6) is -0.168. The molecule has 2 fully saturated rings. The molecule has 0 amide bonds. The van der Waals surface area contributed by atoms with Gasteiger partial charge in [0.2, 0.25) is 11.8 Å². The van der Waals surface area contributed by atoms with Gasteiger partial charge < -0.3 is 39.8 Å². The zero-order valence-corrected chi connectivity index (χ0v) is 45.2. The van der Waals surface area contributed by atoms with E-state index in [1.807, 2.05) is 61.5 Å². The third-order valence-electron chi connectivity index (χ3n) is 13.5. The van der Waals surface area contributed by atoms with E-state index in [9.17, 15) is 13.2 Å². The molecular weight excluding hydrogens is 1060 g/mol. The maximum atomic E-state index is 15.4. The number of nitrogens with zero attached hydrogens (tertiary/aromatic N) is 10. The highest BCUT2D eigenvalue weighted by molar-refractivity contribution is 6.36. The number of benzene rings is 2. The van der Waals surface area contributed by atoms with Crippen LogP contribution in [0.25, 0.3) is 66.8 Å². The highest BCUT2D eigenvalue weighted by atomic mass is 35.5. The van der Waals surface area contributed by atoms with Crippen LogP contribution in [0.5, 0.6) is 11.8 Å². The van der Waals surface area contributed by atoms with Crippen molar-refractivity contribution in [1.82, 2.24) is 39.9 Å². The molecule has 0 unspecified atom stereocenters. The monoisotopic (exact) mass is 1120 g/mol. The topological polar surface area (TPSA) is 185 Å². The highest BCUT2D eigenvalue weighted by Crippen LogP contribution is 2.41. The third kappa shape index (κ3) is 12.4. The van der Waals surface area contributed by atoms with Gasteiger partial charge in [0.1, 0.15) is 34.9 Å². The van der Waals surface area contributed by atoms with Crippen molar-refractivity contribution in [3.63, 3.8) is 0 Å². The molecule has 10 aromatic rings. The van der Waals surface area contributed by atoms with Crippen molar-refractivity contribution >= 4 is 62.1 Å². The largest absolute Gasteiger partial charge is 0.481 e. The molecule has 2 aliphatic heterocycles. The summed E-state index contributed by atoms with van der Waals surface area (Å²) in [7, 11) is 3.15. The first-order valence-electron chi connectivity index (χ1n) is 25.6. The molecule has 412 valence electrons. The first-order chi connectivity index (χ1) is 39.4. The summed E-state index contributed by atoms with van der Waals surface area (Å²) in [5.41, 5.74) is 15.3. The summed E-state index contributed by atoms with van der Waals surface area (Å²) >= 11 is 6.21. The summed E-state index contributed by atoms with van der Waals surface area (Å²) in [6.07, 6.45) is 10.2. The molecule has 0 radical (unpaired) electrons. The number of morpholine rings is 2. The van der Waals surface area contributed by atoms with Gasteiger partial charge >= 0.3 is 0 Å². The molecule has 2 saturated heterocycles. The number of hydrogen-bond acceptors (Lipinski definition) is 16. The first kappa shape index (κ1) is 55.2. The van der Waals surface area contributed by atoms with Gasteiger partial charge in [-0.25, -0.2) is 47.5 Å². The molecule has 0 spiro atoms. The number of aromatic nitrogens is 8. The fourth-order valence-corrected chi connectivity index (χ4v) is 9.63. The molecule has 2 aromatic carbocycles. The van der Waals surface area contributed by atoms with Crippen LogP contribution in [0, 0.1) is 37.1 Å². The predicted molar refractivity (Wildman–Crippen MR) is 306 cm³/mol. The lowest BCUT2D eigenvalue weighted by Gasteiger charge is -2.28. The normalized spacial score (nSPS) is 13.2. The highest BCUT2D eigenvalue weighted by Gasteiger charge is 2.23. The van der Waals surface area contributed by atoms with E-state index in [1.54, 1.807) is 76.5 Å². The molecule has 16 nitrogen and oxygen atoms in total. The number of fused-ring (bicyclic) bond motifs is 2. The standard InChI is InChI=1S/C30H26F2N6O2.C15H9ClF2N2.C15H18N4O2/c1-18-29(23-5-3-4-7-33-23)37-25-15-20(31)14-22(32)28(25)30(18)36-24-16-26(38-9-11-40-12-10-38)35-17-21(24)19-6-8-34-27(13-19)39-2;1-8-14(16)13-10(18)6-9(17)7-12(13)20-15(8)11-4-2-3-5-19-11;1-20-15-8-11(2-3-17-15)12-10-18-14(9-13(12)16)19-4-6-21-7-5-19/h3-8,13-17H,9-12H2,1-2H3,(H,35,36,37);2-7H,1H3;2-3,8-10H,4-7H2,1H3,(H2,16,18). The molecule has 10 heterocycles. The number of halogens is 5. The Morgan fingerprint density at radius 1 is 0.556 bits per heavy atom. The van der Waals surface area contributed by atoms with Gasteiger partial charge in [0, 0.05) is 134 Å². The minimum absolute atomic E-state index is 0.130. The summed E-state index contributed by atoms with van der Waals surface area (Å²) in [6.45, 7) is 9.33. The minimum atomic E-state index is -0.715. The maximum Gasteiger partial charge on any atom is 0.213 e. The number of ether oxygens (including phenoxy) is 4. The van der Waals surface area contributed by atoms with Gasteiger partial charge in [-0.15, -0.1) is 0 Å². The average molecular weight is 1120 g/mol. The lowest BCUT2D eigenvalue weighted by atomic mass is 10.0. The van der Waals surface area contributed by atoms with Crippen molar-refractivity contribution in [1.29, 1.82) is 0 Å². The van der Waals surface area contributed by atoms with E-state index in [-0.39, 0.29) is 26.8 Å². The lowest BCUT2D eigenvalue weighted by molar-refractivity contribution is 0.122. The van der Waals surface area contributed by atoms with Gasteiger partial charge in [-0.2, -0.15) is 0 Å². The van der Waals surface area contributed by atoms with Crippen molar-refractivity contribution in [2.75, 3.05) is 87.7 Å². The molecule has 21 heteroatoms. The van der Waals surface area contributed by atoms with Gasteiger partial charge in [0.25, 0.3) is 0 Å². The molecule has 81 heavy (non-hydrogen) atoms. The maximum absolute atomic E-state index is 15.4. The Balaban J connectivity index is 0.000000151.